The standard InChI is InChI=1S/C13H19N3S/c1-16-13-7-4-3-6-11(13)12(15-16)10-14-8-5-9-17-2/h3-4,6-7,14H,5,8-10H2,1-2H3. The van der Waals surface area contributed by atoms with Crippen molar-refractivity contribution in [3.8, 4) is 0 Å². The van der Waals surface area contributed by atoms with Gasteiger partial charge in [0.15, 0.2) is 0 Å². The molecule has 0 aliphatic rings. The quantitative estimate of drug-likeness (QED) is 0.797. The molecule has 0 saturated carbocycles. The lowest BCUT2D eigenvalue weighted by Crippen LogP contribution is -2.15. The molecule has 0 aliphatic carbocycles. The van der Waals surface area contributed by atoms with Gasteiger partial charge in [0.2, 0.25) is 0 Å². The summed E-state index contributed by atoms with van der Waals surface area (Å²) in [4.78, 5) is 0. The SMILES string of the molecule is CSCCCNCc1nn(C)c2ccccc12. The van der Waals surface area contributed by atoms with Gasteiger partial charge in [-0.3, -0.25) is 4.68 Å². The summed E-state index contributed by atoms with van der Waals surface area (Å²) in [6.45, 7) is 1.92. The van der Waals surface area contributed by atoms with E-state index in [9.17, 15) is 0 Å². The lowest BCUT2D eigenvalue weighted by molar-refractivity contribution is 0.653. The average Bonchev–Trinajstić information content (AvgIpc) is 2.67. The molecule has 4 heteroatoms. The van der Waals surface area contributed by atoms with Crippen LogP contribution < -0.4 is 5.32 Å². The Bertz CT molecular complexity index is 478. The van der Waals surface area contributed by atoms with Gasteiger partial charge in [-0.25, -0.2) is 0 Å². The maximum absolute atomic E-state index is 4.56. The maximum Gasteiger partial charge on any atom is 0.0841 e. The third-order valence-corrected chi connectivity index (χ3v) is 3.53. The number of hydrogen-bond donors (Lipinski definition) is 1. The van der Waals surface area contributed by atoms with Crippen LogP contribution >= 0.6 is 11.8 Å². The minimum atomic E-state index is 0.857. The van der Waals surface area contributed by atoms with Gasteiger partial charge in [-0.15, -0.1) is 0 Å². The van der Waals surface area contributed by atoms with E-state index >= 15 is 0 Å². The summed E-state index contributed by atoms with van der Waals surface area (Å²) in [6, 6.07) is 8.38. The molecular formula is C13H19N3S. The van der Waals surface area contributed by atoms with E-state index in [2.05, 4.69) is 40.9 Å². The molecule has 2 aromatic rings. The first-order valence-corrected chi connectivity index (χ1v) is 7.32. The summed E-state index contributed by atoms with van der Waals surface area (Å²) in [7, 11) is 2.00. The van der Waals surface area contributed by atoms with Crippen LogP contribution in [0.5, 0.6) is 0 Å². The zero-order valence-electron chi connectivity index (χ0n) is 10.4. The highest BCUT2D eigenvalue weighted by Crippen LogP contribution is 2.16. The van der Waals surface area contributed by atoms with E-state index in [0.29, 0.717) is 0 Å². The second kappa shape index (κ2) is 6.07. The molecule has 0 atom stereocenters. The minimum absolute atomic E-state index is 0.857. The Morgan fingerprint density at radius 3 is 3.00 bits per heavy atom. The number of aromatic nitrogens is 2. The van der Waals surface area contributed by atoms with Gasteiger partial charge in [-0.2, -0.15) is 16.9 Å². The van der Waals surface area contributed by atoms with Crippen molar-refractivity contribution in [1.29, 1.82) is 0 Å². The van der Waals surface area contributed by atoms with E-state index in [-0.39, 0.29) is 0 Å². The van der Waals surface area contributed by atoms with Gasteiger partial charge in [0.05, 0.1) is 11.2 Å². The van der Waals surface area contributed by atoms with Gasteiger partial charge >= 0.3 is 0 Å². The monoisotopic (exact) mass is 249 g/mol. The van der Waals surface area contributed by atoms with Crippen molar-refractivity contribution >= 4 is 22.7 Å². The van der Waals surface area contributed by atoms with Crippen molar-refractivity contribution in [2.45, 2.75) is 13.0 Å². The normalized spacial score (nSPS) is 11.2. The van der Waals surface area contributed by atoms with E-state index in [1.807, 2.05) is 23.5 Å². The first-order chi connectivity index (χ1) is 8.33. The second-order valence-corrected chi connectivity index (χ2v) is 5.10. The van der Waals surface area contributed by atoms with Crippen LogP contribution in [0.4, 0.5) is 0 Å². The Morgan fingerprint density at radius 2 is 2.18 bits per heavy atom. The molecule has 1 aromatic carbocycles. The summed E-state index contributed by atoms with van der Waals surface area (Å²) >= 11 is 1.89. The van der Waals surface area contributed by atoms with Gasteiger partial charge < -0.3 is 5.32 Å². The molecule has 0 unspecified atom stereocenters. The number of para-hydroxylation sites is 1. The van der Waals surface area contributed by atoms with E-state index in [4.69, 9.17) is 0 Å². The van der Waals surface area contributed by atoms with Crippen molar-refractivity contribution in [3.63, 3.8) is 0 Å². The third kappa shape index (κ3) is 3.01. The van der Waals surface area contributed by atoms with E-state index in [1.165, 1.54) is 23.1 Å². The van der Waals surface area contributed by atoms with Crippen molar-refractivity contribution < 1.29 is 0 Å². The smallest absolute Gasteiger partial charge is 0.0841 e. The predicted molar refractivity (Wildman–Crippen MR) is 75.4 cm³/mol. The van der Waals surface area contributed by atoms with Crippen molar-refractivity contribution in [3.05, 3.63) is 30.0 Å². The minimum Gasteiger partial charge on any atom is -0.311 e. The predicted octanol–water partition coefficient (Wildman–Crippen LogP) is 2.42. The van der Waals surface area contributed by atoms with Gasteiger partial charge in [0.1, 0.15) is 0 Å². The molecule has 2 rings (SSSR count). The Labute approximate surface area is 107 Å². The lowest BCUT2D eigenvalue weighted by Gasteiger charge is -2.01. The summed E-state index contributed by atoms with van der Waals surface area (Å²) < 4.78 is 1.95. The van der Waals surface area contributed by atoms with Crippen LogP contribution in [0.25, 0.3) is 10.9 Å². The fourth-order valence-corrected chi connectivity index (χ4v) is 2.40. The summed E-state index contributed by atoms with van der Waals surface area (Å²) in [5.41, 5.74) is 2.35. The van der Waals surface area contributed by atoms with Crippen molar-refractivity contribution in [2.75, 3.05) is 18.6 Å². The van der Waals surface area contributed by atoms with Crippen LogP contribution in [0.3, 0.4) is 0 Å². The van der Waals surface area contributed by atoms with Crippen LogP contribution in [-0.4, -0.2) is 28.3 Å². The number of thioether (sulfide) groups is 1. The molecule has 1 N–H and O–H groups in total. The van der Waals surface area contributed by atoms with Crippen molar-refractivity contribution in [2.24, 2.45) is 7.05 Å². The molecule has 0 bridgehead atoms. The number of hydrogen-bond acceptors (Lipinski definition) is 3. The van der Waals surface area contributed by atoms with Crippen LogP contribution in [0.2, 0.25) is 0 Å². The Hall–Kier alpha value is -1.00. The number of nitrogens with one attached hydrogen (secondary N) is 1. The number of benzene rings is 1. The molecule has 0 radical (unpaired) electrons. The second-order valence-electron chi connectivity index (χ2n) is 4.11. The number of aryl methyl sites for hydroxylation is 1. The van der Waals surface area contributed by atoms with Crippen LogP contribution in [0.15, 0.2) is 24.3 Å². The molecule has 0 spiro atoms. The fraction of sp³-hybridized carbons (Fsp3) is 0.462. The van der Waals surface area contributed by atoms with Crippen molar-refractivity contribution in [1.82, 2.24) is 15.1 Å². The molecule has 1 heterocycles. The molecular weight excluding hydrogens is 230 g/mol. The highest BCUT2D eigenvalue weighted by Gasteiger charge is 2.06. The molecule has 1 aromatic heterocycles. The molecule has 0 aliphatic heterocycles. The Balaban J connectivity index is 1.99. The maximum atomic E-state index is 4.56. The van der Waals surface area contributed by atoms with Crippen LogP contribution in [-0.2, 0) is 13.6 Å². The topological polar surface area (TPSA) is 29.9 Å². The summed E-state index contributed by atoms with van der Waals surface area (Å²) in [5.74, 6) is 1.22. The lowest BCUT2D eigenvalue weighted by atomic mass is 10.2. The van der Waals surface area contributed by atoms with Crippen LogP contribution in [0, 0.1) is 0 Å². The third-order valence-electron chi connectivity index (χ3n) is 2.83. The first kappa shape index (κ1) is 12.5. The average molecular weight is 249 g/mol. The Morgan fingerprint density at radius 1 is 1.35 bits per heavy atom. The summed E-state index contributed by atoms with van der Waals surface area (Å²) in [5, 5.41) is 9.27. The molecule has 0 fully saturated rings. The fourth-order valence-electron chi connectivity index (χ4n) is 1.97. The van der Waals surface area contributed by atoms with Gasteiger partial charge in [-0.05, 0) is 31.0 Å². The van der Waals surface area contributed by atoms with E-state index < -0.39 is 0 Å². The molecule has 92 valence electrons. The number of nitrogens with zero attached hydrogens (tertiary/aromatic N) is 2. The number of rotatable bonds is 6. The van der Waals surface area contributed by atoms with Gasteiger partial charge in [-0.1, -0.05) is 18.2 Å². The summed E-state index contributed by atoms with van der Waals surface area (Å²) in [6.07, 6.45) is 3.36. The molecule has 0 saturated heterocycles. The molecule has 3 nitrogen and oxygen atoms in total. The largest absolute Gasteiger partial charge is 0.311 e. The van der Waals surface area contributed by atoms with Gasteiger partial charge in [0, 0.05) is 19.0 Å². The molecule has 17 heavy (non-hydrogen) atoms. The molecule has 0 amide bonds. The van der Waals surface area contributed by atoms with E-state index in [1.54, 1.807) is 0 Å². The van der Waals surface area contributed by atoms with E-state index in [0.717, 1.165) is 18.8 Å². The van der Waals surface area contributed by atoms with Crippen LogP contribution in [0.1, 0.15) is 12.1 Å². The Kier molecular flexibility index (Phi) is 4.45. The number of fused-ring (bicyclic) bond motifs is 1. The first-order valence-electron chi connectivity index (χ1n) is 5.93. The zero-order chi connectivity index (χ0) is 12.1. The highest BCUT2D eigenvalue weighted by molar-refractivity contribution is 7.98. The zero-order valence-corrected chi connectivity index (χ0v) is 11.3. The van der Waals surface area contributed by atoms with Gasteiger partial charge in [0.25, 0.3) is 0 Å². The highest BCUT2D eigenvalue weighted by atomic mass is 32.2.